The zero-order chi connectivity index (χ0) is 14.4. The maximum Gasteiger partial charge on any atom is 0.271 e. The molecule has 20 heavy (non-hydrogen) atoms. The molecule has 0 aromatic carbocycles. The van der Waals surface area contributed by atoms with Crippen molar-refractivity contribution in [3.63, 3.8) is 0 Å². The molecule has 106 valence electrons. The second-order valence-corrected chi connectivity index (χ2v) is 4.50. The highest BCUT2D eigenvalue weighted by atomic mass is 16.3. The van der Waals surface area contributed by atoms with Crippen LogP contribution in [0.5, 0.6) is 0 Å². The first-order valence-corrected chi connectivity index (χ1v) is 6.58. The Morgan fingerprint density at radius 3 is 2.85 bits per heavy atom. The quantitative estimate of drug-likeness (QED) is 0.844. The van der Waals surface area contributed by atoms with E-state index >= 15 is 0 Å². The van der Waals surface area contributed by atoms with Crippen molar-refractivity contribution in [3.05, 3.63) is 42.2 Å². The van der Waals surface area contributed by atoms with E-state index in [0.29, 0.717) is 18.1 Å². The molecule has 0 fully saturated rings. The molecule has 0 aliphatic rings. The second kappa shape index (κ2) is 6.70. The van der Waals surface area contributed by atoms with E-state index in [1.54, 1.807) is 6.26 Å². The van der Waals surface area contributed by atoms with Crippen molar-refractivity contribution in [3.8, 4) is 0 Å². The maximum absolute atomic E-state index is 11.8. The summed E-state index contributed by atoms with van der Waals surface area (Å²) in [5.41, 5.74) is 0.314. The largest absolute Gasteiger partial charge is 0.467 e. The molecule has 0 radical (unpaired) electrons. The highest BCUT2D eigenvalue weighted by Gasteiger charge is 2.10. The number of aromatic nitrogens is 2. The van der Waals surface area contributed by atoms with E-state index in [1.165, 1.54) is 12.4 Å². The Morgan fingerprint density at radius 2 is 2.25 bits per heavy atom. The van der Waals surface area contributed by atoms with Crippen molar-refractivity contribution in [1.82, 2.24) is 15.3 Å². The minimum absolute atomic E-state index is 0.126. The molecule has 2 rings (SSSR count). The van der Waals surface area contributed by atoms with Gasteiger partial charge in [-0.3, -0.25) is 4.79 Å². The molecule has 6 heteroatoms. The van der Waals surface area contributed by atoms with Crippen LogP contribution >= 0.6 is 0 Å². The molecule has 1 amide bonds. The molecule has 0 bridgehead atoms. The van der Waals surface area contributed by atoms with Gasteiger partial charge in [-0.2, -0.15) is 0 Å². The lowest BCUT2D eigenvalue weighted by molar-refractivity contribution is 0.0934. The fourth-order valence-corrected chi connectivity index (χ4v) is 1.53. The lowest BCUT2D eigenvalue weighted by Gasteiger charge is -2.10. The van der Waals surface area contributed by atoms with Crippen molar-refractivity contribution in [2.45, 2.75) is 32.9 Å². The van der Waals surface area contributed by atoms with E-state index < -0.39 is 0 Å². The predicted molar refractivity (Wildman–Crippen MR) is 75.3 cm³/mol. The summed E-state index contributed by atoms with van der Waals surface area (Å²) in [7, 11) is 0. The number of hydrogen-bond acceptors (Lipinski definition) is 5. The average molecular weight is 274 g/mol. The SMILES string of the molecule is CCC(C)NC(=O)c1cnc(NCc2ccco2)cn1. The van der Waals surface area contributed by atoms with Crippen LogP contribution in [0.2, 0.25) is 0 Å². The van der Waals surface area contributed by atoms with E-state index in [0.717, 1.165) is 12.2 Å². The first-order valence-electron chi connectivity index (χ1n) is 6.58. The van der Waals surface area contributed by atoms with Crippen molar-refractivity contribution in [1.29, 1.82) is 0 Å². The van der Waals surface area contributed by atoms with Crippen LogP contribution in [0, 0.1) is 0 Å². The van der Waals surface area contributed by atoms with Gasteiger partial charge >= 0.3 is 0 Å². The average Bonchev–Trinajstić information content (AvgIpc) is 2.98. The number of rotatable bonds is 6. The Hall–Kier alpha value is -2.37. The molecule has 1 atom stereocenters. The minimum atomic E-state index is -0.204. The van der Waals surface area contributed by atoms with Crippen molar-refractivity contribution >= 4 is 11.7 Å². The Bertz CT molecular complexity index is 537. The van der Waals surface area contributed by atoms with Crippen molar-refractivity contribution in [2.24, 2.45) is 0 Å². The van der Waals surface area contributed by atoms with Crippen LogP contribution in [-0.4, -0.2) is 21.9 Å². The predicted octanol–water partition coefficient (Wildman–Crippen LogP) is 2.21. The molecule has 0 aliphatic heterocycles. The zero-order valence-electron chi connectivity index (χ0n) is 11.6. The van der Waals surface area contributed by atoms with Crippen molar-refractivity contribution < 1.29 is 9.21 Å². The lowest BCUT2D eigenvalue weighted by Crippen LogP contribution is -2.32. The summed E-state index contributed by atoms with van der Waals surface area (Å²) < 4.78 is 5.20. The van der Waals surface area contributed by atoms with Crippen molar-refractivity contribution in [2.75, 3.05) is 5.32 Å². The van der Waals surface area contributed by atoms with Gasteiger partial charge < -0.3 is 15.1 Å². The van der Waals surface area contributed by atoms with Gasteiger partial charge in [0.1, 0.15) is 17.3 Å². The summed E-state index contributed by atoms with van der Waals surface area (Å²) in [6, 6.07) is 3.82. The minimum Gasteiger partial charge on any atom is -0.467 e. The van der Waals surface area contributed by atoms with Gasteiger partial charge in [0.2, 0.25) is 0 Å². The van der Waals surface area contributed by atoms with Crippen LogP contribution in [0.25, 0.3) is 0 Å². The third kappa shape index (κ3) is 3.81. The molecule has 2 N–H and O–H groups in total. The molecule has 0 saturated carbocycles. The number of amides is 1. The standard InChI is InChI=1S/C14H18N4O2/c1-3-10(2)18-14(19)12-8-17-13(9-15-12)16-7-11-5-4-6-20-11/h4-6,8-10H,3,7H2,1-2H3,(H,16,17)(H,18,19). The summed E-state index contributed by atoms with van der Waals surface area (Å²) in [5.74, 6) is 1.20. The molecule has 0 aliphatic carbocycles. The van der Waals surface area contributed by atoms with Crippen LogP contribution in [0.3, 0.4) is 0 Å². The summed E-state index contributed by atoms with van der Waals surface area (Å²) in [5, 5.41) is 5.91. The van der Waals surface area contributed by atoms with Gasteiger partial charge in [-0.05, 0) is 25.5 Å². The fourth-order valence-electron chi connectivity index (χ4n) is 1.53. The van der Waals surface area contributed by atoms with Gasteiger partial charge in [0.05, 0.1) is 25.2 Å². The number of hydrogen-bond donors (Lipinski definition) is 2. The summed E-state index contributed by atoms with van der Waals surface area (Å²) in [6.45, 7) is 4.49. The Labute approximate surface area is 117 Å². The number of carbonyl (C=O) groups excluding carboxylic acids is 1. The zero-order valence-corrected chi connectivity index (χ0v) is 11.6. The molecule has 1 unspecified atom stereocenters. The molecular formula is C14H18N4O2. The summed E-state index contributed by atoms with van der Waals surface area (Å²) >= 11 is 0. The number of furan rings is 1. The Kier molecular flexibility index (Phi) is 4.70. The molecule has 6 nitrogen and oxygen atoms in total. The van der Waals surface area contributed by atoms with E-state index in [2.05, 4.69) is 20.6 Å². The van der Waals surface area contributed by atoms with Gasteiger partial charge in [0.25, 0.3) is 5.91 Å². The Morgan fingerprint density at radius 1 is 1.40 bits per heavy atom. The third-order valence-corrected chi connectivity index (χ3v) is 2.90. The topological polar surface area (TPSA) is 80.0 Å². The highest BCUT2D eigenvalue weighted by molar-refractivity contribution is 5.92. The van der Waals surface area contributed by atoms with Crippen LogP contribution in [0.1, 0.15) is 36.5 Å². The van der Waals surface area contributed by atoms with E-state index in [9.17, 15) is 4.79 Å². The number of nitrogens with zero attached hydrogens (tertiary/aromatic N) is 2. The van der Waals surface area contributed by atoms with Gasteiger partial charge in [-0.25, -0.2) is 9.97 Å². The molecular weight excluding hydrogens is 256 g/mol. The van der Waals surface area contributed by atoms with E-state index in [4.69, 9.17) is 4.42 Å². The van der Waals surface area contributed by atoms with Gasteiger partial charge in [0, 0.05) is 6.04 Å². The third-order valence-electron chi connectivity index (χ3n) is 2.90. The molecule has 2 heterocycles. The summed E-state index contributed by atoms with van der Waals surface area (Å²) in [6.07, 6.45) is 5.49. The highest BCUT2D eigenvalue weighted by Crippen LogP contribution is 2.06. The van der Waals surface area contributed by atoms with Gasteiger partial charge in [-0.1, -0.05) is 6.92 Å². The molecule has 2 aromatic rings. The van der Waals surface area contributed by atoms with Crippen LogP contribution in [0.15, 0.2) is 35.2 Å². The monoisotopic (exact) mass is 274 g/mol. The molecule has 0 spiro atoms. The normalized spacial score (nSPS) is 11.9. The van der Waals surface area contributed by atoms with E-state index in [1.807, 2.05) is 26.0 Å². The second-order valence-electron chi connectivity index (χ2n) is 4.50. The molecule has 2 aromatic heterocycles. The van der Waals surface area contributed by atoms with Crippen LogP contribution in [-0.2, 0) is 6.54 Å². The van der Waals surface area contributed by atoms with Gasteiger partial charge in [0.15, 0.2) is 0 Å². The van der Waals surface area contributed by atoms with E-state index in [-0.39, 0.29) is 11.9 Å². The van der Waals surface area contributed by atoms with Gasteiger partial charge in [-0.15, -0.1) is 0 Å². The number of nitrogens with one attached hydrogen (secondary N) is 2. The Balaban J connectivity index is 1.90. The maximum atomic E-state index is 11.8. The lowest BCUT2D eigenvalue weighted by atomic mass is 10.2. The summed E-state index contributed by atoms with van der Waals surface area (Å²) in [4.78, 5) is 20.1. The smallest absolute Gasteiger partial charge is 0.271 e. The van der Waals surface area contributed by atoms with Crippen LogP contribution < -0.4 is 10.6 Å². The number of carbonyl (C=O) groups is 1. The first kappa shape index (κ1) is 14.0. The number of anilines is 1. The van der Waals surface area contributed by atoms with Crippen LogP contribution in [0.4, 0.5) is 5.82 Å². The first-order chi connectivity index (χ1) is 9.69. The molecule has 0 saturated heterocycles. The fraction of sp³-hybridized carbons (Fsp3) is 0.357.